The quantitative estimate of drug-likeness (QED) is 0.523. The van der Waals surface area contributed by atoms with E-state index in [0.717, 1.165) is 24.3 Å². The van der Waals surface area contributed by atoms with Crippen LogP contribution in [0.2, 0.25) is 0 Å². The van der Waals surface area contributed by atoms with Crippen molar-refractivity contribution in [3.05, 3.63) is 11.4 Å². The van der Waals surface area contributed by atoms with E-state index in [2.05, 4.69) is 18.7 Å². The minimum atomic E-state index is 0.563. The molecule has 3 aliphatic carbocycles. The second-order valence-electron chi connectivity index (χ2n) is 5.04. The number of fused-ring (bicyclic) bond motifs is 2. The number of hydrogen-bond acceptors (Lipinski definition) is 0. The zero-order valence-corrected chi connectivity index (χ0v) is 8.01. The Morgan fingerprint density at radius 1 is 1.42 bits per heavy atom. The van der Waals surface area contributed by atoms with Crippen LogP contribution < -0.4 is 0 Å². The van der Waals surface area contributed by atoms with E-state index in [1.807, 2.05) is 0 Å². The summed E-state index contributed by atoms with van der Waals surface area (Å²) in [7, 11) is 0. The molecule has 1 heteroatoms. The summed E-state index contributed by atoms with van der Waals surface area (Å²) in [6, 6.07) is 0. The van der Waals surface area contributed by atoms with Gasteiger partial charge >= 0.3 is 0 Å². The first-order valence-corrected chi connectivity index (χ1v) is 4.99. The third kappa shape index (κ3) is 0.905. The number of rotatable bonds is 1. The van der Waals surface area contributed by atoms with E-state index >= 15 is 0 Å². The van der Waals surface area contributed by atoms with Crippen molar-refractivity contribution in [3.63, 3.8) is 0 Å². The molecule has 1 nitrogen and oxygen atoms in total. The lowest BCUT2D eigenvalue weighted by molar-refractivity contribution is -0.0994. The van der Waals surface area contributed by atoms with Gasteiger partial charge in [0.1, 0.15) is 0 Å². The van der Waals surface area contributed by atoms with E-state index in [-0.39, 0.29) is 0 Å². The molecule has 3 atom stereocenters. The van der Waals surface area contributed by atoms with Gasteiger partial charge in [-0.1, -0.05) is 13.8 Å². The van der Waals surface area contributed by atoms with Crippen molar-refractivity contribution < 1.29 is 0 Å². The maximum atomic E-state index is 6.90. The van der Waals surface area contributed by atoms with E-state index in [1.54, 1.807) is 0 Å². The van der Waals surface area contributed by atoms with Gasteiger partial charge in [-0.05, 0) is 36.5 Å². The Morgan fingerprint density at radius 2 is 2.17 bits per heavy atom. The summed E-state index contributed by atoms with van der Waals surface area (Å²) >= 11 is 0. The van der Waals surface area contributed by atoms with Crippen LogP contribution in [-0.2, 0) is 0 Å². The van der Waals surface area contributed by atoms with Crippen molar-refractivity contribution in [1.29, 1.82) is 0 Å². The first-order chi connectivity index (χ1) is 5.66. The molecular weight excluding hydrogens is 146 g/mol. The fourth-order valence-electron chi connectivity index (χ4n) is 3.30. The predicted molar refractivity (Wildman–Crippen MR) is 49.6 cm³/mol. The molecule has 0 N–H and O–H groups in total. The van der Waals surface area contributed by atoms with Gasteiger partial charge in [0.05, 0.1) is 0 Å². The van der Waals surface area contributed by atoms with Crippen LogP contribution in [0.15, 0.2) is 0 Å². The fraction of sp³-hybridized carbons (Fsp3) is 0.909. The van der Waals surface area contributed by atoms with Crippen LogP contribution in [0.1, 0.15) is 33.1 Å². The molecule has 0 saturated heterocycles. The highest BCUT2D eigenvalue weighted by Gasteiger charge is 2.54. The third-order valence-corrected chi connectivity index (χ3v) is 4.33. The van der Waals surface area contributed by atoms with Gasteiger partial charge < -0.3 is 4.85 Å². The van der Waals surface area contributed by atoms with Crippen LogP contribution in [0, 0.1) is 29.7 Å². The molecule has 3 saturated carbocycles. The van der Waals surface area contributed by atoms with Gasteiger partial charge in [-0.3, -0.25) is 0 Å². The van der Waals surface area contributed by atoms with Crippen molar-refractivity contribution in [3.8, 4) is 0 Å². The van der Waals surface area contributed by atoms with Gasteiger partial charge in [0, 0.05) is 5.92 Å². The Bertz CT molecular complexity index is 222. The maximum Gasteiger partial charge on any atom is 0.217 e. The van der Waals surface area contributed by atoms with Crippen LogP contribution in [0.3, 0.4) is 0 Å². The van der Waals surface area contributed by atoms with Crippen LogP contribution in [-0.4, -0.2) is 6.54 Å². The lowest BCUT2D eigenvalue weighted by Crippen LogP contribution is -2.52. The SMILES string of the molecule is [C-]#[N+]C[C@H]1CC[C@H]2C[C@@H]1C2(C)C. The van der Waals surface area contributed by atoms with Crippen LogP contribution in [0.25, 0.3) is 4.85 Å². The summed E-state index contributed by atoms with van der Waals surface area (Å²) in [5.74, 6) is 2.57. The second-order valence-corrected chi connectivity index (χ2v) is 5.04. The summed E-state index contributed by atoms with van der Waals surface area (Å²) in [5, 5.41) is 0. The van der Waals surface area contributed by atoms with Crippen LogP contribution in [0.5, 0.6) is 0 Å². The second kappa shape index (κ2) is 2.49. The molecule has 66 valence electrons. The average Bonchev–Trinajstić information content (AvgIpc) is 2.05. The standard InChI is InChI=1S/C11H17N/c1-11(2)9-5-4-8(7-12-3)10(11)6-9/h8-10H,4-7H2,1-2H3/t8-,9+,10+/m1/s1. The molecule has 2 bridgehead atoms. The van der Waals surface area contributed by atoms with Gasteiger partial charge in [-0.15, -0.1) is 0 Å². The lowest BCUT2D eigenvalue weighted by atomic mass is 9.45. The normalized spacial score (nSPS) is 42.9. The number of hydrogen-bond donors (Lipinski definition) is 0. The van der Waals surface area contributed by atoms with Crippen LogP contribution >= 0.6 is 0 Å². The molecule has 0 amide bonds. The topological polar surface area (TPSA) is 4.36 Å². The first kappa shape index (κ1) is 8.10. The minimum absolute atomic E-state index is 0.563. The van der Waals surface area contributed by atoms with E-state index in [9.17, 15) is 0 Å². The van der Waals surface area contributed by atoms with Crippen molar-refractivity contribution in [1.82, 2.24) is 0 Å². The molecule has 3 fully saturated rings. The van der Waals surface area contributed by atoms with Gasteiger partial charge in [0.15, 0.2) is 0 Å². The van der Waals surface area contributed by atoms with E-state index in [4.69, 9.17) is 6.57 Å². The highest BCUT2D eigenvalue weighted by molar-refractivity contribution is 5.04. The highest BCUT2D eigenvalue weighted by Crippen LogP contribution is 2.61. The molecule has 0 radical (unpaired) electrons. The van der Waals surface area contributed by atoms with E-state index in [0.29, 0.717) is 5.41 Å². The molecule has 0 unspecified atom stereocenters. The molecule has 12 heavy (non-hydrogen) atoms. The third-order valence-electron chi connectivity index (χ3n) is 4.33. The highest BCUT2D eigenvalue weighted by atomic mass is 14.7. The summed E-state index contributed by atoms with van der Waals surface area (Å²) in [5.41, 5.74) is 0.563. The Morgan fingerprint density at radius 3 is 2.67 bits per heavy atom. The Labute approximate surface area is 75.0 Å². The smallest absolute Gasteiger partial charge is 0.217 e. The molecule has 0 aliphatic heterocycles. The Hall–Kier alpha value is -0.510. The summed E-state index contributed by atoms with van der Waals surface area (Å²) in [4.78, 5) is 3.55. The van der Waals surface area contributed by atoms with Gasteiger partial charge in [-0.2, -0.15) is 0 Å². The number of nitrogens with zero attached hydrogens (tertiary/aromatic N) is 1. The lowest BCUT2D eigenvalue weighted by Gasteiger charge is -2.59. The zero-order valence-electron chi connectivity index (χ0n) is 8.01. The average molecular weight is 163 g/mol. The molecule has 0 spiro atoms. The van der Waals surface area contributed by atoms with Gasteiger partial charge in [0.2, 0.25) is 6.54 Å². The van der Waals surface area contributed by atoms with Crippen molar-refractivity contribution in [2.45, 2.75) is 33.1 Å². The largest absolute Gasteiger partial charge is 0.317 e. The van der Waals surface area contributed by atoms with Gasteiger partial charge in [0.25, 0.3) is 0 Å². The fourth-order valence-corrected chi connectivity index (χ4v) is 3.30. The monoisotopic (exact) mass is 163 g/mol. The van der Waals surface area contributed by atoms with Crippen molar-refractivity contribution in [2.75, 3.05) is 6.54 Å². The predicted octanol–water partition coefficient (Wildman–Crippen LogP) is 2.98. The molecular formula is C11H17N. The van der Waals surface area contributed by atoms with E-state index in [1.165, 1.54) is 19.3 Å². The molecule has 3 aliphatic rings. The molecule has 0 aromatic heterocycles. The molecule has 3 rings (SSSR count). The summed E-state index contributed by atoms with van der Waals surface area (Å²) in [6.45, 7) is 12.5. The zero-order chi connectivity index (χ0) is 8.77. The molecule has 0 aromatic carbocycles. The van der Waals surface area contributed by atoms with Crippen LogP contribution in [0.4, 0.5) is 0 Å². The van der Waals surface area contributed by atoms with Crippen molar-refractivity contribution >= 4 is 0 Å². The van der Waals surface area contributed by atoms with Gasteiger partial charge in [-0.25, -0.2) is 6.57 Å². The maximum absolute atomic E-state index is 6.90. The van der Waals surface area contributed by atoms with E-state index < -0.39 is 0 Å². The van der Waals surface area contributed by atoms with Crippen molar-refractivity contribution in [2.24, 2.45) is 23.2 Å². The Kier molecular flexibility index (Phi) is 1.68. The molecule has 0 heterocycles. The Balaban J connectivity index is 2.07. The molecule has 0 aromatic rings. The summed E-state index contributed by atoms with van der Waals surface area (Å²) in [6.07, 6.45) is 4.11. The summed E-state index contributed by atoms with van der Waals surface area (Å²) < 4.78 is 0. The minimum Gasteiger partial charge on any atom is -0.317 e. The first-order valence-electron chi connectivity index (χ1n) is 4.99.